The molecular formula is C112H68O3. The summed E-state index contributed by atoms with van der Waals surface area (Å²) >= 11 is 0. The van der Waals surface area contributed by atoms with Crippen LogP contribution in [0.1, 0.15) is 6.85 Å². The van der Waals surface area contributed by atoms with Crippen LogP contribution in [-0.2, 0) is 0 Å². The first-order valence-corrected chi connectivity index (χ1v) is 39.1. The molecule has 0 saturated carbocycles. The molecular weight excluding hydrogens is 1390 g/mol. The number of fused-ring (bicyclic) bond motifs is 20. The molecule has 0 saturated heterocycles. The summed E-state index contributed by atoms with van der Waals surface area (Å²) in [6.45, 7) is 0. The fraction of sp³-hybridized carbons (Fsp3) is 0. The molecule has 22 aromatic carbocycles. The van der Waals surface area contributed by atoms with Crippen molar-refractivity contribution in [2.75, 3.05) is 0 Å². The van der Waals surface area contributed by atoms with E-state index in [9.17, 15) is 0 Å². The lowest BCUT2D eigenvalue weighted by Crippen LogP contribution is -1.91. The van der Waals surface area contributed by atoms with Crippen LogP contribution in [0.2, 0.25) is 0 Å². The Kier molecular flexibility index (Phi) is 14.1. The molecule has 3 aromatic heterocycles. The van der Waals surface area contributed by atoms with Crippen LogP contribution in [0.4, 0.5) is 0 Å². The van der Waals surface area contributed by atoms with Gasteiger partial charge in [-0.15, -0.1) is 0 Å². The van der Waals surface area contributed by atoms with Gasteiger partial charge in [0.05, 0.1) is 6.85 Å². The van der Waals surface area contributed by atoms with Crippen molar-refractivity contribution in [2.45, 2.75) is 0 Å². The SMILES string of the molecule is [2H]c1c([2H])c([2H])c(-c2c3ccccc3c(-c3ccc4c(c3)oc3ccc5ccccc5c34)c3ccccc23)c([2H])c1[2H].c1ccc(-c2c3ccccc3c(-c3ccc4c(c3)oc3cc5ccccc5cc34)c3ccccc23)cc1.c1ccc2cc3c(cc2c1)oc1cc(-c2c4ccccc4c(-c4cccc5ccccc45)c4ccccc24)ccc13. The zero-order valence-electron chi connectivity index (χ0n) is 67.1. The normalized spacial score (nSPS) is 12.4. The average molecular weight is 1470 g/mol. The van der Waals surface area contributed by atoms with Crippen LogP contribution in [0.3, 0.4) is 0 Å². The van der Waals surface area contributed by atoms with E-state index in [-0.39, 0.29) is 29.7 Å². The third-order valence-corrected chi connectivity index (χ3v) is 23.6. The van der Waals surface area contributed by atoms with Crippen molar-refractivity contribution >= 4 is 174 Å². The molecule has 0 atom stereocenters. The van der Waals surface area contributed by atoms with E-state index in [1.807, 2.05) is 66.7 Å². The summed E-state index contributed by atoms with van der Waals surface area (Å²) < 4.78 is 61.6. The second kappa shape index (κ2) is 26.8. The van der Waals surface area contributed by atoms with Crippen LogP contribution in [-0.4, -0.2) is 0 Å². The molecule has 25 rings (SSSR count). The molecule has 0 bridgehead atoms. The van der Waals surface area contributed by atoms with Crippen molar-refractivity contribution < 1.29 is 20.1 Å². The minimum Gasteiger partial charge on any atom is -0.456 e. The molecule has 0 radical (unpaired) electrons. The zero-order chi connectivity index (χ0) is 80.0. The molecule has 0 N–H and O–H groups in total. The summed E-state index contributed by atoms with van der Waals surface area (Å²) in [5.41, 5.74) is 18.1. The van der Waals surface area contributed by atoms with Crippen LogP contribution < -0.4 is 0 Å². The Bertz CT molecular complexity index is 8420. The second-order valence-electron chi connectivity index (χ2n) is 29.9. The Morgan fingerprint density at radius 2 is 0.461 bits per heavy atom. The summed E-state index contributed by atoms with van der Waals surface area (Å²) in [7, 11) is 0. The minimum atomic E-state index is -0.397. The maximum absolute atomic E-state index is 8.76. The first-order chi connectivity index (χ1) is 59.1. The van der Waals surface area contributed by atoms with Crippen LogP contribution in [0.25, 0.3) is 240 Å². The summed E-state index contributed by atoms with van der Waals surface area (Å²) in [4.78, 5) is 0. The molecule has 534 valence electrons. The van der Waals surface area contributed by atoms with Gasteiger partial charge in [-0.2, -0.15) is 0 Å². The Labute approximate surface area is 668 Å². The van der Waals surface area contributed by atoms with E-state index in [2.05, 4.69) is 315 Å². The van der Waals surface area contributed by atoms with Gasteiger partial charge >= 0.3 is 0 Å². The van der Waals surface area contributed by atoms with Gasteiger partial charge in [-0.05, 0) is 241 Å². The standard InChI is InChI=1S/C40H24O.2C36H22O/c1-2-12-27-23-38-36(22-26(27)11-1)30-21-20-28(24-37(30)41-38)39-32-15-5-7-17-34(32)40(35-18-8-6-16-33(35)39)31-19-9-13-25-10-3-4-14-29(25)31;1-2-11-24(12-3-1)34-27-14-6-8-16-29(27)35(30-17-9-7-15-28(30)34)25-18-20-31-33(22-25)37-32-21-19-23-10-4-5-13-26(23)36(31)32;1-2-10-23(11-3-1)35-28-14-6-8-16-30(28)36(31-17-9-7-15-29(31)35)26-18-19-27-32-20-24-12-4-5-13-25(24)21-34(32)37-33(27)22-26/h1-24H;2*1-22H/i;1D,2D,3D,11D,12D;. The maximum atomic E-state index is 8.76. The van der Waals surface area contributed by atoms with Crippen molar-refractivity contribution in [2.24, 2.45) is 0 Å². The lowest BCUT2D eigenvalue weighted by atomic mass is 9.84. The van der Waals surface area contributed by atoms with Crippen LogP contribution in [0.15, 0.2) is 426 Å². The molecule has 3 nitrogen and oxygen atoms in total. The highest BCUT2D eigenvalue weighted by Crippen LogP contribution is 2.50. The number of rotatable bonds is 6. The fourth-order valence-electron chi connectivity index (χ4n) is 18.5. The fourth-order valence-corrected chi connectivity index (χ4v) is 18.5. The van der Waals surface area contributed by atoms with Crippen LogP contribution in [0, 0.1) is 0 Å². The van der Waals surface area contributed by atoms with Crippen LogP contribution >= 0.6 is 0 Å². The first-order valence-electron chi connectivity index (χ1n) is 41.6. The predicted octanol–water partition coefficient (Wildman–Crippen LogP) is 32.3. The van der Waals surface area contributed by atoms with Gasteiger partial charge < -0.3 is 13.3 Å². The van der Waals surface area contributed by atoms with Crippen molar-refractivity contribution in [1.82, 2.24) is 0 Å². The van der Waals surface area contributed by atoms with E-state index in [0.717, 1.165) is 115 Å². The molecule has 0 unspecified atom stereocenters. The number of hydrogen-bond donors (Lipinski definition) is 0. The highest BCUT2D eigenvalue weighted by Gasteiger charge is 2.24. The molecule has 25 aromatic rings. The lowest BCUT2D eigenvalue weighted by molar-refractivity contribution is 0.669. The molecule has 0 aliphatic rings. The molecule has 3 heterocycles. The van der Waals surface area contributed by atoms with Crippen molar-refractivity contribution in [3.63, 3.8) is 0 Å². The highest BCUT2D eigenvalue weighted by atomic mass is 16.3. The molecule has 0 aliphatic carbocycles. The summed E-state index contributed by atoms with van der Waals surface area (Å²) in [6, 6.07) is 133. The Morgan fingerprint density at radius 3 is 0.896 bits per heavy atom. The number of benzene rings is 22. The first kappa shape index (κ1) is 60.6. The van der Waals surface area contributed by atoms with E-state index in [0.29, 0.717) is 5.56 Å². The largest absolute Gasteiger partial charge is 0.456 e. The quantitative estimate of drug-likeness (QED) is 0.156. The summed E-state index contributed by atoms with van der Waals surface area (Å²) in [6.07, 6.45) is 0. The van der Waals surface area contributed by atoms with Gasteiger partial charge in [0.15, 0.2) is 0 Å². The summed E-state index contributed by atoms with van der Waals surface area (Å²) in [5.74, 6) is 0. The van der Waals surface area contributed by atoms with E-state index in [1.54, 1.807) is 0 Å². The average Bonchev–Trinajstić information content (AvgIpc) is 0.934. The molecule has 0 fully saturated rings. The highest BCUT2D eigenvalue weighted by molar-refractivity contribution is 6.27. The molecule has 0 amide bonds. The van der Waals surface area contributed by atoms with Gasteiger partial charge in [0.25, 0.3) is 0 Å². The van der Waals surface area contributed by atoms with Crippen molar-refractivity contribution in [3.05, 3.63) is 412 Å². The Balaban J connectivity index is 0.000000105. The van der Waals surface area contributed by atoms with Gasteiger partial charge in [-0.25, -0.2) is 0 Å². The van der Waals surface area contributed by atoms with Crippen molar-refractivity contribution in [3.8, 4) is 66.8 Å². The van der Waals surface area contributed by atoms with Gasteiger partial charge in [-0.3, -0.25) is 0 Å². The topological polar surface area (TPSA) is 39.4 Å². The van der Waals surface area contributed by atoms with E-state index < -0.39 is 6.04 Å². The third-order valence-electron chi connectivity index (χ3n) is 23.6. The smallest absolute Gasteiger partial charge is 0.136 e. The number of hydrogen-bond acceptors (Lipinski definition) is 3. The summed E-state index contributed by atoms with van der Waals surface area (Å²) in [5, 5.41) is 30.0. The second-order valence-corrected chi connectivity index (χ2v) is 29.9. The third kappa shape index (κ3) is 10.8. The minimum absolute atomic E-state index is 0.208. The van der Waals surface area contributed by atoms with Gasteiger partial charge in [-0.1, -0.05) is 346 Å². The maximum Gasteiger partial charge on any atom is 0.136 e. The van der Waals surface area contributed by atoms with Gasteiger partial charge in [0.2, 0.25) is 0 Å². The molecule has 0 aliphatic heterocycles. The molecule has 0 spiro atoms. The predicted molar refractivity (Wildman–Crippen MR) is 489 cm³/mol. The lowest BCUT2D eigenvalue weighted by Gasteiger charge is -2.18. The van der Waals surface area contributed by atoms with Crippen molar-refractivity contribution in [1.29, 1.82) is 0 Å². The Hall–Kier alpha value is -15.2. The van der Waals surface area contributed by atoms with E-state index in [4.69, 9.17) is 20.1 Å². The van der Waals surface area contributed by atoms with Gasteiger partial charge in [0, 0.05) is 32.3 Å². The Morgan fingerprint density at radius 1 is 0.157 bits per heavy atom. The zero-order valence-corrected chi connectivity index (χ0v) is 62.1. The molecule has 3 heteroatoms. The van der Waals surface area contributed by atoms with Crippen LogP contribution in [0.5, 0.6) is 0 Å². The number of furan rings is 3. The van der Waals surface area contributed by atoms with Gasteiger partial charge in [0.1, 0.15) is 33.5 Å². The van der Waals surface area contributed by atoms with E-state index >= 15 is 0 Å². The molecule has 115 heavy (non-hydrogen) atoms. The van der Waals surface area contributed by atoms with E-state index in [1.165, 1.54) is 114 Å². The monoisotopic (exact) mass is 1470 g/mol.